The number of hydrogen-bond donors (Lipinski definition) is 0. The van der Waals surface area contributed by atoms with Gasteiger partial charge in [-0.15, -0.1) is 12.0 Å². The summed E-state index contributed by atoms with van der Waals surface area (Å²) in [6.07, 6.45) is 11.0. The fourth-order valence-electron chi connectivity index (χ4n) is 8.47. The van der Waals surface area contributed by atoms with E-state index in [-0.39, 0.29) is 35.6 Å². The molecule has 56 heavy (non-hydrogen) atoms. The Morgan fingerprint density at radius 2 is 1.12 bits per heavy atom. The van der Waals surface area contributed by atoms with Gasteiger partial charge in [-0.25, -0.2) is 12.2 Å². The Kier molecular flexibility index (Phi) is 19.7. The molecule has 0 spiro atoms. The summed E-state index contributed by atoms with van der Waals surface area (Å²) >= 11 is 1.50. The van der Waals surface area contributed by atoms with E-state index in [2.05, 4.69) is 180 Å². The third kappa shape index (κ3) is 11.7. The first-order valence-corrected chi connectivity index (χ1v) is 27.3. The van der Waals surface area contributed by atoms with Gasteiger partial charge in [0.15, 0.2) is 0 Å². The molecule has 2 aliphatic rings. The molecule has 0 fully saturated rings. The van der Waals surface area contributed by atoms with E-state index in [1.165, 1.54) is 108 Å². The number of fused-ring (bicyclic) bond motifs is 3. The Hall–Kier alpha value is -1.87. The van der Waals surface area contributed by atoms with Crippen LogP contribution in [0.15, 0.2) is 97.1 Å². The second-order valence-corrected chi connectivity index (χ2v) is 29.3. The average Bonchev–Trinajstić information content (AvgIpc) is 3.89. The minimum Gasteiger partial charge on any atom is -1.00 e. The second kappa shape index (κ2) is 21.9. The summed E-state index contributed by atoms with van der Waals surface area (Å²) in [5.41, 5.74) is 11.7. The maximum atomic E-state index is 3.55. The molecule has 0 bridgehead atoms. The van der Waals surface area contributed by atoms with Crippen LogP contribution in [-0.2, 0) is 41.5 Å². The van der Waals surface area contributed by atoms with Crippen molar-refractivity contribution >= 4 is 29.7 Å². The third-order valence-electron chi connectivity index (χ3n) is 12.7. The zero-order chi connectivity index (χ0) is 39.7. The predicted octanol–water partition coefficient (Wildman–Crippen LogP) is 7.20. The van der Waals surface area contributed by atoms with Gasteiger partial charge in [0.2, 0.25) is 0 Å². The van der Waals surface area contributed by atoms with E-state index in [1.54, 1.807) is 10.4 Å². The van der Waals surface area contributed by atoms with Crippen molar-refractivity contribution < 1.29 is 49.0 Å². The minimum absolute atomic E-state index is 0. The summed E-state index contributed by atoms with van der Waals surface area (Å²) < 4.78 is 1.49. The first kappa shape index (κ1) is 50.3. The van der Waals surface area contributed by atoms with Crippen LogP contribution in [0.5, 0.6) is 0 Å². The van der Waals surface area contributed by atoms with Crippen LogP contribution >= 0.6 is 0 Å². The van der Waals surface area contributed by atoms with Crippen LogP contribution in [0.4, 0.5) is 0 Å². The fourth-order valence-corrected chi connectivity index (χ4v) is 16.5. The Bertz CT molecular complexity index is 1810. The first-order chi connectivity index (χ1) is 25.6. The van der Waals surface area contributed by atoms with Crippen molar-refractivity contribution in [3.8, 4) is 11.1 Å². The third-order valence-corrected chi connectivity index (χ3v) is 25.4. The number of halogens is 2. The Morgan fingerprint density at radius 3 is 1.48 bits per heavy atom. The molecule has 4 aromatic carbocycles. The van der Waals surface area contributed by atoms with Gasteiger partial charge in [0.25, 0.3) is 0 Å². The molecular formula is C51H68Cl2Si2Zr-2. The van der Waals surface area contributed by atoms with Crippen molar-refractivity contribution in [2.75, 3.05) is 0 Å². The summed E-state index contributed by atoms with van der Waals surface area (Å²) in [6, 6.07) is 42.3. The summed E-state index contributed by atoms with van der Waals surface area (Å²) in [4.78, 5) is 0. The molecular weight excluding hydrogens is 831 g/mol. The average molecular weight is 899 g/mol. The number of rotatable bonds is 10. The van der Waals surface area contributed by atoms with Crippen molar-refractivity contribution in [2.45, 2.75) is 143 Å². The number of hydrogen-bond acceptors (Lipinski definition) is 0. The van der Waals surface area contributed by atoms with Gasteiger partial charge in [0.1, 0.15) is 0 Å². The summed E-state index contributed by atoms with van der Waals surface area (Å²) in [7, 11) is -2.54. The van der Waals surface area contributed by atoms with E-state index in [1.807, 2.05) is 12.2 Å². The van der Waals surface area contributed by atoms with Gasteiger partial charge in [-0.1, -0.05) is 70.7 Å². The first-order valence-electron chi connectivity index (χ1n) is 20.8. The summed E-state index contributed by atoms with van der Waals surface area (Å²) in [6.45, 7) is 28.1. The second-order valence-electron chi connectivity index (χ2n) is 17.5. The van der Waals surface area contributed by atoms with Crippen molar-refractivity contribution in [2.24, 2.45) is 0 Å². The van der Waals surface area contributed by atoms with Gasteiger partial charge >= 0.3 is 191 Å². The SMILES string of the molecule is CC(C)(C)c1c[c-]c2c(c1)-c1cccc(C(C)(C)C)c1C2.CC[Si](CC)(CC)c1ccc([C](=[Zr+2])c2ccc([Si](CC)(CC)CC)cc2)cc1.[C-]1=CC=CC1.[Cl-].[Cl-]. The van der Waals surface area contributed by atoms with Crippen LogP contribution in [0.1, 0.15) is 123 Å². The van der Waals surface area contributed by atoms with Gasteiger partial charge < -0.3 is 24.8 Å². The largest absolute Gasteiger partial charge is 1.00 e. The van der Waals surface area contributed by atoms with Crippen molar-refractivity contribution in [3.05, 3.63) is 143 Å². The Balaban J connectivity index is 0.000000340. The molecule has 0 amide bonds. The van der Waals surface area contributed by atoms with E-state index >= 15 is 0 Å². The van der Waals surface area contributed by atoms with Crippen molar-refractivity contribution in [1.29, 1.82) is 0 Å². The van der Waals surface area contributed by atoms with E-state index in [0.29, 0.717) is 0 Å². The molecule has 300 valence electrons. The topological polar surface area (TPSA) is 0 Å². The molecule has 0 radical (unpaired) electrons. The van der Waals surface area contributed by atoms with Crippen LogP contribution in [0.25, 0.3) is 11.1 Å². The predicted molar refractivity (Wildman–Crippen MR) is 242 cm³/mol. The van der Waals surface area contributed by atoms with Crippen LogP contribution in [-0.4, -0.2) is 19.4 Å². The Labute approximate surface area is 372 Å². The molecule has 0 aliphatic heterocycles. The molecule has 0 aromatic heterocycles. The maximum Gasteiger partial charge on any atom is -0.109 e. The van der Waals surface area contributed by atoms with Crippen molar-refractivity contribution in [1.82, 2.24) is 0 Å². The maximum absolute atomic E-state index is 3.55. The number of benzene rings is 4. The molecule has 6 rings (SSSR count). The molecule has 0 unspecified atom stereocenters. The van der Waals surface area contributed by atoms with Crippen LogP contribution in [0, 0.1) is 12.1 Å². The summed E-state index contributed by atoms with van der Waals surface area (Å²) in [5.74, 6) is 0. The molecule has 0 atom stereocenters. The van der Waals surface area contributed by atoms with E-state index in [4.69, 9.17) is 0 Å². The van der Waals surface area contributed by atoms with E-state index in [0.717, 1.165) is 12.8 Å². The summed E-state index contributed by atoms with van der Waals surface area (Å²) in [5, 5.41) is 3.29. The van der Waals surface area contributed by atoms with Crippen LogP contribution in [0.2, 0.25) is 36.3 Å². The molecule has 5 heteroatoms. The smallest absolute Gasteiger partial charge is 0.109 e. The monoisotopic (exact) mass is 896 g/mol. The number of allylic oxidation sites excluding steroid dienone is 4. The van der Waals surface area contributed by atoms with Crippen LogP contribution in [0.3, 0.4) is 0 Å². The zero-order valence-corrected chi connectivity index (χ0v) is 42.6. The fraction of sp³-hybridized carbons (Fsp3) is 0.431. The van der Waals surface area contributed by atoms with Gasteiger partial charge in [0.05, 0.1) is 0 Å². The van der Waals surface area contributed by atoms with Gasteiger partial charge in [-0.05, 0) is 23.0 Å². The van der Waals surface area contributed by atoms with Crippen molar-refractivity contribution in [3.63, 3.8) is 0 Å². The van der Waals surface area contributed by atoms with E-state index < -0.39 is 16.1 Å². The molecule has 0 saturated carbocycles. The Morgan fingerprint density at radius 1 is 0.643 bits per heavy atom. The molecule has 2 aliphatic carbocycles. The normalized spacial score (nSPS) is 13.0. The molecule has 0 saturated heterocycles. The molecule has 4 aromatic rings. The van der Waals surface area contributed by atoms with Gasteiger partial charge in [-0.2, -0.15) is 35.4 Å². The molecule has 0 heterocycles. The van der Waals surface area contributed by atoms with E-state index in [9.17, 15) is 0 Å². The quantitative estimate of drug-likeness (QED) is 0.103. The van der Waals surface area contributed by atoms with Gasteiger partial charge in [0, 0.05) is 0 Å². The zero-order valence-electron chi connectivity index (χ0n) is 36.7. The minimum atomic E-state index is -1.27. The van der Waals surface area contributed by atoms with Crippen LogP contribution < -0.4 is 35.2 Å². The molecule has 0 nitrogen and oxygen atoms in total. The van der Waals surface area contributed by atoms with Gasteiger partial charge in [-0.3, -0.25) is 6.08 Å². The standard InChI is InChI=1S/C25H38Si2.C21H25.C5H5.2ClH.Zr/c1-7-26(8-2,9-3)24-17-13-22(14-18-24)21-23-15-19-25(20-16-23)27(10-4,11-5)12-6;1-20(2,3)15-11-10-14-12-18-16(17(14)13-15)8-7-9-19(18)21(4,5)6;1-2-4-5-3-1;;;/h13-20H,7-12H2,1-6H3;7-9,11,13H,12H2,1-6H3;1-3H,4H2;2*1H;/q;2*-1;;;+2/p-2. The molecule has 0 N–H and O–H groups in total.